The summed E-state index contributed by atoms with van der Waals surface area (Å²) in [5, 5.41) is 8.22. The molecule has 0 spiro atoms. The molecule has 0 aromatic heterocycles. The lowest BCUT2D eigenvalue weighted by atomic mass is 9.63. The van der Waals surface area contributed by atoms with Gasteiger partial charge in [0.25, 0.3) is 0 Å². The van der Waals surface area contributed by atoms with Gasteiger partial charge in [-0.1, -0.05) is 32.0 Å². The van der Waals surface area contributed by atoms with Crippen LogP contribution in [0.15, 0.2) is 40.6 Å². The maximum absolute atomic E-state index is 12.6. The van der Waals surface area contributed by atoms with E-state index in [0.717, 1.165) is 18.6 Å². The van der Waals surface area contributed by atoms with Crippen molar-refractivity contribution < 1.29 is 9.53 Å². The molecule has 1 fully saturated rings. The third-order valence-corrected chi connectivity index (χ3v) is 5.80. The predicted octanol–water partition coefficient (Wildman–Crippen LogP) is 4.05. The fourth-order valence-corrected chi connectivity index (χ4v) is 3.71. The molecule has 1 aliphatic heterocycles. The Labute approximate surface area is 155 Å². The smallest absolute Gasteiger partial charge is 0.222 e. The zero-order valence-electron chi connectivity index (χ0n) is 15.8. The van der Waals surface area contributed by atoms with E-state index in [0.29, 0.717) is 19.3 Å². The molecule has 2 unspecified atom stereocenters. The molecule has 5 nitrogen and oxygen atoms in total. The average Bonchev–Trinajstić information content (AvgIpc) is 3.42. The van der Waals surface area contributed by atoms with Crippen molar-refractivity contribution in [2.24, 2.45) is 15.6 Å². The Morgan fingerprint density at radius 2 is 2.00 bits per heavy atom. The van der Waals surface area contributed by atoms with Gasteiger partial charge in [-0.15, -0.1) is 12.3 Å². The van der Waals surface area contributed by atoms with Crippen molar-refractivity contribution >= 4 is 5.91 Å². The molecule has 1 aromatic carbocycles. The standard InChI is InChI=1S/C21H27N3O2/c1-5-6-13-21(22-23-21)14-12-19(25)24(4)17-15-18(20(17,2)3)26-16-10-8-7-9-11-16/h1,7-11,17-18H,6,12-15H2,2-4H3. The summed E-state index contributed by atoms with van der Waals surface area (Å²) in [6.45, 7) is 4.33. The summed E-state index contributed by atoms with van der Waals surface area (Å²) in [5.41, 5.74) is -0.479. The number of nitrogens with zero attached hydrogens (tertiary/aromatic N) is 3. The van der Waals surface area contributed by atoms with Crippen LogP contribution in [-0.2, 0) is 4.79 Å². The van der Waals surface area contributed by atoms with Gasteiger partial charge in [0.05, 0.1) is 0 Å². The number of benzene rings is 1. The summed E-state index contributed by atoms with van der Waals surface area (Å²) >= 11 is 0. The van der Waals surface area contributed by atoms with Crippen LogP contribution in [0.5, 0.6) is 5.75 Å². The number of amides is 1. The molecule has 1 aliphatic carbocycles. The van der Waals surface area contributed by atoms with Crippen LogP contribution < -0.4 is 4.74 Å². The van der Waals surface area contributed by atoms with Crippen LogP contribution in [0.3, 0.4) is 0 Å². The molecule has 2 atom stereocenters. The predicted molar refractivity (Wildman–Crippen MR) is 101 cm³/mol. The fourth-order valence-electron chi connectivity index (χ4n) is 3.71. The van der Waals surface area contributed by atoms with Gasteiger partial charge < -0.3 is 9.64 Å². The molecule has 26 heavy (non-hydrogen) atoms. The van der Waals surface area contributed by atoms with Gasteiger partial charge in [0.1, 0.15) is 11.9 Å². The maximum atomic E-state index is 12.6. The molecule has 1 amide bonds. The maximum Gasteiger partial charge on any atom is 0.222 e. The molecule has 2 aliphatic rings. The summed E-state index contributed by atoms with van der Waals surface area (Å²) in [4.78, 5) is 14.5. The minimum absolute atomic E-state index is 0.0876. The van der Waals surface area contributed by atoms with E-state index in [1.807, 2.05) is 42.3 Å². The fraction of sp³-hybridized carbons (Fsp3) is 0.571. The van der Waals surface area contributed by atoms with E-state index in [9.17, 15) is 4.79 Å². The number of hydrogen-bond donors (Lipinski definition) is 0. The van der Waals surface area contributed by atoms with Gasteiger partial charge in [-0.25, -0.2) is 0 Å². The molecule has 0 N–H and O–H groups in total. The Balaban J connectivity index is 1.50. The summed E-state index contributed by atoms with van der Waals surface area (Å²) < 4.78 is 6.11. The van der Waals surface area contributed by atoms with E-state index in [2.05, 4.69) is 30.0 Å². The highest BCUT2D eigenvalue weighted by molar-refractivity contribution is 5.76. The lowest BCUT2D eigenvalue weighted by Gasteiger charge is -2.54. The van der Waals surface area contributed by atoms with Crippen LogP contribution in [0.2, 0.25) is 0 Å². The SMILES string of the molecule is C#CCCC1(CCC(=O)N(C)C2CC(Oc3ccccc3)C2(C)C)N=N1. The number of carbonyl (C=O) groups is 1. The highest BCUT2D eigenvalue weighted by Crippen LogP contribution is 2.46. The van der Waals surface area contributed by atoms with Gasteiger partial charge in [-0.2, -0.15) is 10.2 Å². The van der Waals surface area contributed by atoms with Gasteiger partial charge in [-0.3, -0.25) is 4.79 Å². The van der Waals surface area contributed by atoms with Crippen molar-refractivity contribution in [3.63, 3.8) is 0 Å². The first-order valence-corrected chi connectivity index (χ1v) is 9.23. The van der Waals surface area contributed by atoms with Crippen LogP contribution in [0.25, 0.3) is 0 Å². The number of para-hydroxylation sites is 1. The highest BCUT2D eigenvalue weighted by Gasteiger charge is 2.53. The van der Waals surface area contributed by atoms with E-state index in [1.54, 1.807) is 0 Å². The van der Waals surface area contributed by atoms with Crippen LogP contribution in [0.4, 0.5) is 0 Å². The largest absolute Gasteiger partial charge is 0.490 e. The van der Waals surface area contributed by atoms with E-state index < -0.39 is 5.66 Å². The van der Waals surface area contributed by atoms with E-state index in [-0.39, 0.29) is 23.5 Å². The summed E-state index contributed by atoms with van der Waals surface area (Å²) in [5.74, 6) is 3.63. The van der Waals surface area contributed by atoms with E-state index in [1.165, 1.54) is 0 Å². The Bertz CT molecular complexity index is 715. The molecule has 0 saturated heterocycles. The van der Waals surface area contributed by atoms with Gasteiger partial charge in [0.2, 0.25) is 5.91 Å². The lowest BCUT2D eigenvalue weighted by molar-refractivity contribution is -0.149. The van der Waals surface area contributed by atoms with Crippen molar-refractivity contribution in [1.82, 2.24) is 4.90 Å². The molecule has 1 heterocycles. The molecular formula is C21H27N3O2. The first-order valence-electron chi connectivity index (χ1n) is 9.23. The Kier molecular flexibility index (Phi) is 5.04. The highest BCUT2D eigenvalue weighted by atomic mass is 16.5. The molecular weight excluding hydrogens is 326 g/mol. The quantitative estimate of drug-likeness (QED) is 0.662. The van der Waals surface area contributed by atoms with Gasteiger partial charge in [0, 0.05) is 50.6 Å². The third kappa shape index (κ3) is 3.75. The van der Waals surface area contributed by atoms with Gasteiger partial charge >= 0.3 is 0 Å². The van der Waals surface area contributed by atoms with Crippen molar-refractivity contribution in [2.45, 2.75) is 63.8 Å². The van der Waals surface area contributed by atoms with E-state index in [4.69, 9.17) is 11.2 Å². The number of carbonyl (C=O) groups excluding carboxylic acids is 1. The minimum atomic E-state index is -0.392. The molecule has 1 saturated carbocycles. The molecule has 0 bridgehead atoms. The summed E-state index contributed by atoms with van der Waals surface area (Å²) in [7, 11) is 1.89. The molecule has 0 radical (unpaired) electrons. The number of rotatable bonds is 8. The normalized spacial score (nSPS) is 24.2. The van der Waals surface area contributed by atoms with Crippen molar-refractivity contribution in [3.8, 4) is 18.1 Å². The Hall–Kier alpha value is -2.35. The Morgan fingerprint density at radius 1 is 1.31 bits per heavy atom. The minimum Gasteiger partial charge on any atom is -0.490 e. The van der Waals surface area contributed by atoms with Crippen LogP contribution in [0.1, 0.15) is 46.0 Å². The first kappa shape index (κ1) is 18.4. The van der Waals surface area contributed by atoms with E-state index >= 15 is 0 Å². The second kappa shape index (κ2) is 7.11. The van der Waals surface area contributed by atoms with Crippen molar-refractivity contribution in [1.29, 1.82) is 0 Å². The zero-order valence-corrected chi connectivity index (χ0v) is 15.8. The average molecular weight is 353 g/mol. The molecule has 5 heteroatoms. The second-order valence-electron chi connectivity index (χ2n) is 7.88. The lowest BCUT2D eigenvalue weighted by Crippen LogP contribution is -2.63. The summed E-state index contributed by atoms with van der Waals surface area (Å²) in [6.07, 6.45) is 8.75. The number of hydrogen-bond acceptors (Lipinski definition) is 4. The number of ether oxygens (including phenoxy) is 1. The number of terminal acetylenes is 1. The first-order chi connectivity index (χ1) is 12.4. The second-order valence-corrected chi connectivity index (χ2v) is 7.88. The Morgan fingerprint density at radius 3 is 2.58 bits per heavy atom. The van der Waals surface area contributed by atoms with Crippen molar-refractivity contribution in [2.75, 3.05) is 7.05 Å². The molecule has 3 rings (SSSR count). The summed E-state index contributed by atoms with van der Waals surface area (Å²) in [6, 6.07) is 10.0. The molecule has 138 valence electrons. The van der Waals surface area contributed by atoms with Gasteiger partial charge in [-0.05, 0) is 12.1 Å². The zero-order chi connectivity index (χ0) is 18.8. The van der Waals surface area contributed by atoms with Crippen LogP contribution in [0, 0.1) is 17.8 Å². The van der Waals surface area contributed by atoms with Crippen LogP contribution >= 0.6 is 0 Å². The van der Waals surface area contributed by atoms with Crippen LogP contribution in [-0.4, -0.2) is 35.7 Å². The molecule has 1 aromatic rings. The van der Waals surface area contributed by atoms with Crippen molar-refractivity contribution in [3.05, 3.63) is 30.3 Å². The monoisotopic (exact) mass is 353 g/mol. The van der Waals surface area contributed by atoms with Gasteiger partial charge in [0.15, 0.2) is 5.66 Å². The third-order valence-electron chi connectivity index (χ3n) is 5.80. The topological polar surface area (TPSA) is 54.3 Å².